The molecule has 0 saturated carbocycles. The van der Waals surface area contributed by atoms with Crippen LogP contribution in [0.15, 0.2) is 26.3 Å². The highest BCUT2D eigenvalue weighted by Gasteiger charge is 2.35. The van der Waals surface area contributed by atoms with Gasteiger partial charge in [-0.15, -0.1) is 12.4 Å². The molecule has 0 aromatic carbocycles. The van der Waals surface area contributed by atoms with Crippen LogP contribution in [0.1, 0.15) is 12.8 Å². The Morgan fingerprint density at radius 1 is 1.55 bits per heavy atom. The van der Waals surface area contributed by atoms with Crippen LogP contribution in [0, 0.1) is 0 Å². The highest BCUT2D eigenvalue weighted by molar-refractivity contribution is 9.10. The summed E-state index contributed by atoms with van der Waals surface area (Å²) in [7, 11) is -2.01. The van der Waals surface area contributed by atoms with Gasteiger partial charge in [0.05, 0.1) is 12.1 Å². The molecule has 1 fully saturated rings. The summed E-state index contributed by atoms with van der Waals surface area (Å²) in [6.45, 7) is 1.62. The van der Waals surface area contributed by atoms with Gasteiger partial charge in [-0.25, -0.2) is 13.1 Å². The van der Waals surface area contributed by atoms with Gasteiger partial charge in [0, 0.05) is 13.7 Å². The van der Waals surface area contributed by atoms with E-state index in [0.717, 1.165) is 19.4 Å². The van der Waals surface area contributed by atoms with Crippen LogP contribution < -0.4 is 10.0 Å². The summed E-state index contributed by atoms with van der Waals surface area (Å²) in [5.74, 6) is 0. The number of nitrogens with one attached hydrogen (secondary N) is 2. The zero-order valence-electron chi connectivity index (χ0n) is 11.0. The van der Waals surface area contributed by atoms with Crippen molar-refractivity contribution in [3.8, 4) is 0 Å². The molecule has 9 heteroatoms. The quantitative estimate of drug-likeness (QED) is 0.771. The second-order valence-electron chi connectivity index (χ2n) is 4.63. The summed E-state index contributed by atoms with van der Waals surface area (Å²) < 4.78 is 37.3. The number of rotatable bonds is 6. The summed E-state index contributed by atoms with van der Waals surface area (Å²) in [6.07, 6.45) is 1.89. The second kappa shape index (κ2) is 7.24. The van der Waals surface area contributed by atoms with Crippen molar-refractivity contribution in [1.29, 1.82) is 0 Å². The summed E-state index contributed by atoms with van der Waals surface area (Å²) >= 11 is 3.09. The minimum Gasteiger partial charge on any atom is -0.437 e. The van der Waals surface area contributed by atoms with Crippen LogP contribution in [0.3, 0.4) is 0 Å². The van der Waals surface area contributed by atoms with E-state index in [4.69, 9.17) is 9.15 Å². The maximum atomic E-state index is 12.1. The molecule has 1 aromatic rings. The fourth-order valence-corrected chi connectivity index (χ4v) is 3.69. The molecule has 20 heavy (non-hydrogen) atoms. The zero-order valence-corrected chi connectivity index (χ0v) is 14.2. The van der Waals surface area contributed by atoms with Gasteiger partial charge in [-0.1, -0.05) is 0 Å². The van der Waals surface area contributed by atoms with E-state index in [1.54, 1.807) is 13.2 Å². The number of ether oxygens (including phenoxy) is 1. The number of halogens is 2. The predicted molar refractivity (Wildman–Crippen MR) is 80.7 cm³/mol. The van der Waals surface area contributed by atoms with Crippen molar-refractivity contribution < 1.29 is 17.6 Å². The number of hydrogen-bond acceptors (Lipinski definition) is 5. The molecule has 2 rings (SSSR count). The van der Waals surface area contributed by atoms with Crippen LogP contribution in [0.25, 0.3) is 0 Å². The fourth-order valence-electron chi connectivity index (χ4n) is 2.22. The third-order valence-electron chi connectivity index (χ3n) is 3.17. The van der Waals surface area contributed by atoms with Gasteiger partial charge in [0.25, 0.3) is 10.0 Å². The molecule has 1 aliphatic heterocycles. The molecule has 2 N–H and O–H groups in total. The average molecular weight is 390 g/mol. The number of hydrogen-bond donors (Lipinski definition) is 2. The van der Waals surface area contributed by atoms with Gasteiger partial charge < -0.3 is 14.5 Å². The summed E-state index contributed by atoms with van der Waals surface area (Å²) in [5, 5.41) is 3.22. The summed E-state index contributed by atoms with van der Waals surface area (Å²) in [6, 6.07) is 2.96. The lowest BCUT2D eigenvalue weighted by Crippen LogP contribution is -2.52. The number of furan rings is 1. The van der Waals surface area contributed by atoms with Gasteiger partial charge in [-0.05, 0) is 47.4 Å². The predicted octanol–water partition coefficient (Wildman–Crippen LogP) is 1.51. The standard InChI is InChI=1S/C11H17BrN2O4S.ClH/c1-17-8-11(5-2-6-13-11)7-14-19(15,16)10-4-3-9(12)18-10;/h3-4,13-14H,2,5-8H2,1H3;1H. The molecule has 0 aliphatic carbocycles. The molecule has 1 unspecified atom stereocenters. The molecule has 0 spiro atoms. The van der Waals surface area contributed by atoms with Gasteiger partial charge in [0.2, 0.25) is 5.09 Å². The smallest absolute Gasteiger partial charge is 0.274 e. The average Bonchev–Trinajstić information content (AvgIpc) is 2.98. The molecule has 0 amide bonds. The Kier molecular flexibility index (Phi) is 6.49. The molecule has 2 heterocycles. The molecular weight excluding hydrogens is 372 g/mol. The Morgan fingerprint density at radius 3 is 2.80 bits per heavy atom. The van der Waals surface area contributed by atoms with Crippen molar-refractivity contribution >= 4 is 38.4 Å². The van der Waals surface area contributed by atoms with E-state index in [9.17, 15) is 8.42 Å². The third-order valence-corrected chi connectivity index (χ3v) is 4.87. The molecule has 1 aliphatic rings. The van der Waals surface area contributed by atoms with E-state index in [1.807, 2.05) is 0 Å². The van der Waals surface area contributed by atoms with Crippen molar-refractivity contribution in [2.45, 2.75) is 23.5 Å². The highest BCUT2D eigenvalue weighted by Crippen LogP contribution is 2.21. The molecule has 0 radical (unpaired) electrons. The number of sulfonamides is 1. The molecule has 6 nitrogen and oxygen atoms in total. The van der Waals surface area contributed by atoms with Crippen molar-refractivity contribution in [2.75, 3.05) is 26.8 Å². The van der Waals surface area contributed by atoms with Crippen molar-refractivity contribution in [1.82, 2.24) is 10.0 Å². The lowest BCUT2D eigenvalue weighted by molar-refractivity contribution is 0.122. The normalized spacial score (nSPS) is 22.7. The molecule has 116 valence electrons. The van der Waals surface area contributed by atoms with Crippen LogP contribution >= 0.6 is 28.3 Å². The van der Waals surface area contributed by atoms with E-state index in [-0.39, 0.29) is 29.6 Å². The first-order chi connectivity index (χ1) is 8.97. The van der Waals surface area contributed by atoms with E-state index < -0.39 is 10.0 Å². The molecular formula is C11H18BrClN2O4S. The third kappa shape index (κ3) is 4.19. The van der Waals surface area contributed by atoms with Crippen LogP contribution in [-0.2, 0) is 14.8 Å². The minimum atomic E-state index is -3.63. The SMILES string of the molecule is COCC1(CNS(=O)(=O)c2ccc(Br)o2)CCCN1.Cl. The van der Waals surface area contributed by atoms with Crippen LogP contribution in [0.2, 0.25) is 0 Å². The Morgan fingerprint density at radius 2 is 2.30 bits per heavy atom. The van der Waals surface area contributed by atoms with Gasteiger partial charge in [-0.3, -0.25) is 0 Å². The molecule has 1 atom stereocenters. The maximum Gasteiger partial charge on any atom is 0.274 e. The summed E-state index contributed by atoms with van der Waals surface area (Å²) in [5.41, 5.74) is -0.328. The van der Waals surface area contributed by atoms with E-state index >= 15 is 0 Å². The number of methoxy groups -OCH3 is 1. The lowest BCUT2D eigenvalue weighted by Gasteiger charge is -2.28. The maximum absolute atomic E-state index is 12.1. The largest absolute Gasteiger partial charge is 0.437 e. The van der Waals surface area contributed by atoms with Crippen LogP contribution in [-0.4, -0.2) is 40.8 Å². The first-order valence-electron chi connectivity index (χ1n) is 5.96. The van der Waals surface area contributed by atoms with Gasteiger partial charge in [0.15, 0.2) is 4.67 Å². The van der Waals surface area contributed by atoms with Crippen LogP contribution in [0.4, 0.5) is 0 Å². The molecule has 0 bridgehead atoms. The van der Waals surface area contributed by atoms with Crippen LogP contribution in [0.5, 0.6) is 0 Å². The van der Waals surface area contributed by atoms with Crippen molar-refractivity contribution in [3.05, 3.63) is 16.8 Å². The topological polar surface area (TPSA) is 80.6 Å². The van der Waals surface area contributed by atoms with Gasteiger partial charge >= 0.3 is 0 Å². The van der Waals surface area contributed by atoms with E-state index in [0.29, 0.717) is 11.3 Å². The fraction of sp³-hybridized carbons (Fsp3) is 0.636. The monoisotopic (exact) mass is 388 g/mol. The van der Waals surface area contributed by atoms with E-state index in [1.165, 1.54) is 6.07 Å². The van der Waals surface area contributed by atoms with Gasteiger partial charge in [-0.2, -0.15) is 0 Å². The molecule has 1 aromatic heterocycles. The van der Waals surface area contributed by atoms with Gasteiger partial charge in [0.1, 0.15) is 0 Å². The summed E-state index contributed by atoms with van der Waals surface area (Å²) in [4.78, 5) is 0. The first kappa shape index (κ1) is 17.9. The lowest BCUT2D eigenvalue weighted by atomic mass is 9.99. The molecule has 1 saturated heterocycles. The van der Waals surface area contributed by atoms with E-state index in [2.05, 4.69) is 26.0 Å². The Balaban J connectivity index is 0.00000200. The van der Waals surface area contributed by atoms with Crippen molar-refractivity contribution in [3.63, 3.8) is 0 Å². The Hall–Kier alpha value is -0.120. The first-order valence-corrected chi connectivity index (χ1v) is 8.24. The zero-order chi connectivity index (χ0) is 13.9. The Labute approximate surface area is 133 Å². The Bertz CT molecular complexity index is 528. The second-order valence-corrected chi connectivity index (χ2v) is 7.11. The van der Waals surface area contributed by atoms with Crippen molar-refractivity contribution in [2.24, 2.45) is 0 Å². The minimum absolute atomic E-state index is 0. The highest BCUT2D eigenvalue weighted by atomic mass is 79.9.